The molecule has 0 bridgehead atoms. The summed E-state index contributed by atoms with van der Waals surface area (Å²) in [5.74, 6) is 0. The van der Waals surface area contributed by atoms with Gasteiger partial charge in [0, 0.05) is 0 Å². The predicted molar refractivity (Wildman–Crippen MR) is 122 cm³/mol. The van der Waals surface area contributed by atoms with Crippen LogP contribution in [0.25, 0.3) is 4.85 Å². The highest BCUT2D eigenvalue weighted by atomic mass is 31.2. The topological polar surface area (TPSA) is 4.36 Å². The fourth-order valence-electron chi connectivity index (χ4n) is 3.78. The van der Waals surface area contributed by atoms with E-state index in [4.69, 9.17) is 6.57 Å². The van der Waals surface area contributed by atoms with E-state index in [1.807, 2.05) is 18.2 Å². The molecular formula is C26H21NP+. The molecule has 0 radical (unpaired) electrons. The van der Waals surface area contributed by atoms with Gasteiger partial charge in [0.25, 0.3) is 0 Å². The van der Waals surface area contributed by atoms with Crippen LogP contribution in [0.15, 0.2) is 115 Å². The Kier molecular flexibility index (Phi) is 5.34. The van der Waals surface area contributed by atoms with Crippen molar-refractivity contribution >= 4 is 28.9 Å². The average molecular weight is 378 g/mol. The van der Waals surface area contributed by atoms with Gasteiger partial charge in [0.2, 0.25) is 0 Å². The van der Waals surface area contributed by atoms with Gasteiger partial charge in [-0.25, -0.2) is 4.85 Å². The first kappa shape index (κ1) is 18.2. The zero-order valence-corrected chi connectivity index (χ0v) is 16.5. The molecule has 134 valence electrons. The van der Waals surface area contributed by atoms with Gasteiger partial charge in [-0.2, -0.15) is 0 Å². The van der Waals surface area contributed by atoms with Gasteiger partial charge in [0.15, 0.2) is 5.69 Å². The highest BCUT2D eigenvalue weighted by Crippen LogP contribution is 2.58. The molecule has 0 spiro atoms. The predicted octanol–water partition coefficient (Wildman–Crippen LogP) is 5.73. The Hall–Kier alpha value is -3.20. The Morgan fingerprint density at radius 1 is 0.536 bits per heavy atom. The molecular weight excluding hydrogens is 357 g/mol. The van der Waals surface area contributed by atoms with E-state index < -0.39 is 7.26 Å². The number of hydrogen-bond donors (Lipinski definition) is 0. The van der Waals surface area contributed by atoms with Gasteiger partial charge in [-0.1, -0.05) is 78.9 Å². The third-order valence-corrected chi connectivity index (χ3v) is 9.46. The molecule has 0 unspecified atom stereocenters. The molecule has 0 aliphatic rings. The minimum atomic E-state index is -1.96. The lowest BCUT2D eigenvalue weighted by atomic mass is 10.2. The second kappa shape index (κ2) is 8.22. The van der Waals surface area contributed by atoms with Crippen LogP contribution in [-0.4, -0.2) is 0 Å². The lowest BCUT2D eigenvalue weighted by molar-refractivity contribution is 1.40. The first-order valence-corrected chi connectivity index (χ1v) is 11.3. The fourth-order valence-corrected chi connectivity index (χ4v) is 8.04. The van der Waals surface area contributed by atoms with Gasteiger partial charge in [-0.05, 0) is 42.0 Å². The first-order valence-electron chi connectivity index (χ1n) is 9.35. The normalized spacial score (nSPS) is 11.0. The van der Waals surface area contributed by atoms with Crippen molar-refractivity contribution in [3.8, 4) is 0 Å². The Balaban J connectivity index is 2.03. The Bertz CT molecular complexity index is 987. The summed E-state index contributed by atoms with van der Waals surface area (Å²) in [5.41, 5.74) is 1.86. The molecule has 0 saturated heterocycles. The van der Waals surface area contributed by atoms with Crippen LogP contribution in [0, 0.1) is 6.57 Å². The lowest BCUT2D eigenvalue weighted by Gasteiger charge is -2.28. The second-order valence-electron chi connectivity index (χ2n) is 6.72. The number of para-hydroxylation sites is 1. The third-order valence-electron chi connectivity index (χ3n) is 5.11. The van der Waals surface area contributed by atoms with Crippen LogP contribution in [0.5, 0.6) is 0 Å². The van der Waals surface area contributed by atoms with Crippen molar-refractivity contribution in [3.63, 3.8) is 0 Å². The summed E-state index contributed by atoms with van der Waals surface area (Å²) in [6.07, 6.45) is 0.837. The van der Waals surface area contributed by atoms with Crippen molar-refractivity contribution in [2.75, 3.05) is 0 Å². The molecule has 0 heterocycles. The number of hydrogen-bond acceptors (Lipinski definition) is 0. The quantitative estimate of drug-likeness (QED) is 0.308. The van der Waals surface area contributed by atoms with Crippen LogP contribution in [0.1, 0.15) is 5.56 Å². The van der Waals surface area contributed by atoms with E-state index in [1.165, 1.54) is 15.9 Å². The summed E-state index contributed by atoms with van der Waals surface area (Å²) in [6.45, 7) is 7.64. The highest BCUT2D eigenvalue weighted by Gasteiger charge is 2.45. The largest absolute Gasteiger partial charge is 0.238 e. The second-order valence-corrected chi connectivity index (χ2v) is 10.2. The molecule has 0 aliphatic carbocycles. The van der Waals surface area contributed by atoms with Gasteiger partial charge < -0.3 is 0 Å². The molecule has 0 atom stereocenters. The molecule has 0 aromatic heterocycles. The van der Waals surface area contributed by atoms with E-state index in [2.05, 4.69) is 102 Å². The van der Waals surface area contributed by atoms with Crippen molar-refractivity contribution in [2.45, 2.75) is 6.16 Å². The SMILES string of the molecule is [C-]#[N+]c1ccccc1C[P+](c1ccccc1)(c1ccccc1)c1ccccc1. The Morgan fingerprint density at radius 2 is 0.929 bits per heavy atom. The van der Waals surface area contributed by atoms with E-state index in [0.717, 1.165) is 17.4 Å². The van der Waals surface area contributed by atoms with E-state index in [0.29, 0.717) is 0 Å². The monoisotopic (exact) mass is 378 g/mol. The lowest BCUT2D eigenvalue weighted by Crippen LogP contribution is -2.32. The Labute approximate surface area is 167 Å². The van der Waals surface area contributed by atoms with Gasteiger partial charge >= 0.3 is 0 Å². The van der Waals surface area contributed by atoms with E-state index in [9.17, 15) is 0 Å². The molecule has 4 rings (SSSR count). The molecule has 28 heavy (non-hydrogen) atoms. The molecule has 0 amide bonds. The van der Waals surface area contributed by atoms with Crippen LogP contribution in [-0.2, 0) is 6.16 Å². The minimum Gasteiger partial charge on any atom is -0.238 e. The maximum Gasteiger partial charge on any atom is 0.193 e. The Morgan fingerprint density at radius 3 is 1.36 bits per heavy atom. The molecule has 4 aromatic carbocycles. The smallest absolute Gasteiger partial charge is 0.193 e. The van der Waals surface area contributed by atoms with Crippen molar-refractivity contribution < 1.29 is 0 Å². The maximum atomic E-state index is 7.64. The summed E-state index contributed by atoms with van der Waals surface area (Å²) in [5, 5.41) is 4.02. The molecule has 0 fully saturated rings. The molecule has 0 N–H and O–H groups in total. The molecule has 2 heteroatoms. The van der Waals surface area contributed by atoms with Crippen LogP contribution in [0.3, 0.4) is 0 Å². The summed E-state index contributed by atoms with van der Waals surface area (Å²) < 4.78 is 0. The average Bonchev–Trinajstić information content (AvgIpc) is 2.79. The van der Waals surface area contributed by atoms with Crippen molar-refractivity contribution in [2.24, 2.45) is 0 Å². The number of nitrogens with zero attached hydrogens (tertiary/aromatic N) is 1. The van der Waals surface area contributed by atoms with Gasteiger partial charge in [0.05, 0.1) is 12.7 Å². The van der Waals surface area contributed by atoms with Crippen LogP contribution < -0.4 is 15.9 Å². The summed E-state index contributed by atoms with van der Waals surface area (Å²) in [4.78, 5) is 3.80. The van der Waals surface area contributed by atoms with Crippen LogP contribution >= 0.6 is 7.26 Å². The minimum absolute atomic E-state index is 0.745. The van der Waals surface area contributed by atoms with Crippen molar-refractivity contribution in [1.29, 1.82) is 0 Å². The maximum absolute atomic E-state index is 7.64. The summed E-state index contributed by atoms with van der Waals surface area (Å²) in [6, 6.07) is 40.4. The third kappa shape index (κ3) is 3.36. The van der Waals surface area contributed by atoms with Crippen molar-refractivity contribution in [3.05, 3.63) is 132 Å². The van der Waals surface area contributed by atoms with Crippen LogP contribution in [0.2, 0.25) is 0 Å². The van der Waals surface area contributed by atoms with Gasteiger partial charge in [0.1, 0.15) is 23.2 Å². The van der Waals surface area contributed by atoms with Crippen LogP contribution in [0.4, 0.5) is 5.69 Å². The summed E-state index contributed by atoms with van der Waals surface area (Å²) >= 11 is 0. The molecule has 1 nitrogen and oxygen atoms in total. The van der Waals surface area contributed by atoms with E-state index in [-0.39, 0.29) is 0 Å². The van der Waals surface area contributed by atoms with Crippen molar-refractivity contribution in [1.82, 2.24) is 0 Å². The highest BCUT2D eigenvalue weighted by molar-refractivity contribution is 7.95. The number of rotatable bonds is 5. The molecule has 4 aromatic rings. The van der Waals surface area contributed by atoms with E-state index in [1.54, 1.807) is 0 Å². The molecule has 0 saturated carbocycles. The number of benzene rings is 4. The summed E-state index contributed by atoms with van der Waals surface area (Å²) in [7, 11) is -1.96. The standard InChI is InChI=1S/C26H21NP/c1-27-26-20-12-11-13-22(26)21-28(23-14-5-2-6-15-23,24-16-7-3-8-17-24)25-18-9-4-10-19-25/h2-20H,21H2/q+1. The zero-order chi connectivity index (χ0) is 19.2. The zero-order valence-electron chi connectivity index (χ0n) is 15.6. The van der Waals surface area contributed by atoms with Gasteiger partial charge in [-0.15, -0.1) is 0 Å². The van der Waals surface area contributed by atoms with E-state index >= 15 is 0 Å². The first-order chi connectivity index (χ1) is 13.8. The fraction of sp³-hybridized carbons (Fsp3) is 0.0385. The molecule has 0 aliphatic heterocycles. The van der Waals surface area contributed by atoms with Gasteiger partial charge in [-0.3, -0.25) is 0 Å².